The molecule has 0 bridgehead atoms. The molecule has 3 amide bonds. The molecule has 1 atom stereocenters. The van der Waals surface area contributed by atoms with Crippen LogP contribution in [0.5, 0.6) is 0 Å². The van der Waals surface area contributed by atoms with Crippen LogP contribution in [0.25, 0.3) is 22.0 Å². The summed E-state index contributed by atoms with van der Waals surface area (Å²) in [6.45, 7) is 12.0. The van der Waals surface area contributed by atoms with E-state index in [-0.39, 0.29) is 30.3 Å². The van der Waals surface area contributed by atoms with Crippen molar-refractivity contribution >= 4 is 52.2 Å². The smallest absolute Gasteiger partial charge is 0.419 e. The van der Waals surface area contributed by atoms with Crippen molar-refractivity contribution in [3.63, 3.8) is 0 Å². The molecule has 1 aromatic heterocycles. The summed E-state index contributed by atoms with van der Waals surface area (Å²) in [6.07, 6.45) is 3.53. The standard InChI is InChI=1S/C53H61N5O9/c1-52(2,3)66-49(61)46-30-42-43(16-11-17-45(42)58(46)51(63)67-53(4,5)6)54-48(60)44(55-50(62)65-32-35-13-10-15-40-39-14-9-8-12-34(39)29-41(35)40)28-33-18-20-37(21-19-33)57-27-26-56(31-47(57)59)36-22-24-38(64-7)25-23-36/h8-21,30,36,38,44H,22-29,31-32H2,1-7H3,(H,54,60)(H,55,62). The summed E-state index contributed by atoms with van der Waals surface area (Å²) in [5.74, 6) is -1.29. The molecule has 8 rings (SSSR count). The molecule has 1 saturated carbocycles. The second-order valence-electron chi connectivity index (χ2n) is 19.7. The molecule has 1 saturated heterocycles. The van der Waals surface area contributed by atoms with Gasteiger partial charge in [-0.25, -0.2) is 19.0 Å². The minimum absolute atomic E-state index is 0.00727. The van der Waals surface area contributed by atoms with Gasteiger partial charge in [-0.15, -0.1) is 0 Å². The van der Waals surface area contributed by atoms with Crippen LogP contribution in [0.15, 0.2) is 91.0 Å². The van der Waals surface area contributed by atoms with E-state index in [1.165, 1.54) is 11.6 Å². The van der Waals surface area contributed by atoms with Gasteiger partial charge in [0.05, 0.1) is 23.9 Å². The average Bonchev–Trinajstić information content (AvgIpc) is 3.88. The Morgan fingerprint density at radius 1 is 0.791 bits per heavy atom. The number of esters is 1. The Labute approximate surface area is 391 Å². The molecular formula is C53H61N5O9. The van der Waals surface area contributed by atoms with Crippen LogP contribution in [0.2, 0.25) is 0 Å². The van der Waals surface area contributed by atoms with Crippen LogP contribution in [0.4, 0.5) is 21.0 Å². The van der Waals surface area contributed by atoms with Gasteiger partial charge in [0.1, 0.15) is 29.5 Å². The predicted octanol–water partition coefficient (Wildman–Crippen LogP) is 9.03. The van der Waals surface area contributed by atoms with Gasteiger partial charge < -0.3 is 34.5 Å². The molecule has 3 aliphatic rings. The van der Waals surface area contributed by atoms with Gasteiger partial charge in [-0.3, -0.25) is 14.5 Å². The highest BCUT2D eigenvalue weighted by Gasteiger charge is 2.34. The van der Waals surface area contributed by atoms with Crippen LogP contribution in [0, 0.1) is 0 Å². The number of alkyl carbamates (subject to hydrolysis) is 1. The molecule has 1 unspecified atom stereocenters. The molecule has 4 aromatic carbocycles. The second kappa shape index (κ2) is 19.4. The average molecular weight is 912 g/mol. The highest BCUT2D eigenvalue weighted by Crippen LogP contribution is 2.38. The number of hydrogen-bond donors (Lipinski definition) is 2. The quantitative estimate of drug-likeness (QED) is 0.0950. The lowest BCUT2D eigenvalue weighted by molar-refractivity contribution is -0.122. The number of ether oxygens (including phenoxy) is 4. The van der Waals surface area contributed by atoms with Crippen molar-refractivity contribution in [1.82, 2.24) is 14.8 Å². The SMILES string of the molecule is COC1CCC(N2CCN(c3ccc(CC(NC(=O)OCc4cccc5c4Cc4ccccc4-5)C(=O)Nc4cccc5c4cc(C(=O)OC(C)(C)C)n5C(=O)OC(C)(C)C)cc3)C(=O)C2)CC1. The molecule has 352 valence electrons. The highest BCUT2D eigenvalue weighted by atomic mass is 16.6. The van der Waals surface area contributed by atoms with Gasteiger partial charge in [-0.05, 0) is 137 Å². The van der Waals surface area contributed by atoms with Crippen molar-refractivity contribution < 1.29 is 42.9 Å². The fourth-order valence-electron chi connectivity index (χ4n) is 9.41. The van der Waals surface area contributed by atoms with Gasteiger partial charge in [-0.2, -0.15) is 0 Å². The van der Waals surface area contributed by atoms with E-state index >= 15 is 0 Å². The minimum atomic E-state index is -1.14. The molecule has 5 aromatic rings. The first-order chi connectivity index (χ1) is 31.9. The van der Waals surface area contributed by atoms with E-state index in [2.05, 4.69) is 33.7 Å². The van der Waals surface area contributed by atoms with E-state index in [1.807, 2.05) is 48.5 Å². The van der Waals surface area contributed by atoms with Crippen molar-refractivity contribution in [2.24, 2.45) is 0 Å². The fraction of sp³-hybridized carbons (Fsp3) is 0.415. The molecule has 14 heteroatoms. The Bertz CT molecular complexity index is 2670. The third kappa shape index (κ3) is 10.9. The Morgan fingerprint density at radius 2 is 1.49 bits per heavy atom. The minimum Gasteiger partial charge on any atom is -0.455 e. The van der Waals surface area contributed by atoms with E-state index in [1.54, 1.807) is 71.8 Å². The molecule has 14 nitrogen and oxygen atoms in total. The van der Waals surface area contributed by atoms with Crippen molar-refractivity contribution in [3.05, 3.63) is 119 Å². The summed E-state index contributed by atoms with van der Waals surface area (Å²) >= 11 is 0. The van der Waals surface area contributed by atoms with Crippen LogP contribution in [0.3, 0.4) is 0 Å². The number of nitrogens with zero attached hydrogens (tertiary/aromatic N) is 3. The third-order valence-electron chi connectivity index (χ3n) is 12.6. The number of methoxy groups -OCH3 is 1. The first-order valence-electron chi connectivity index (χ1n) is 23.1. The first-order valence-corrected chi connectivity index (χ1v) is 23.1. The number of aromatic nitrogens is 1. The normalized spacial score (nSPS) is 17.9. The number of hydrogen-bond acceptors (Lipinski definition) is 10. The van der Waals surface area contributed by atoms with E-state index in [4.69, 9.17) is 18.9 Å². The maximum Gasteiger partial charge on any atom is 0.419 e. The maximum atomic E-state index is 14.5. The number of benzene rings is 4. The van der Waals surface area contributed by atoms with E-state index in [0.29, 0.717) is 36.1 Å². The zero-order valence-corrected chi connectivity index (χ0v) is 39.5. The lowest BCUT2D eigenvalue weighted by atomic mass is 9.91. The van der Waals surface area contributed by atoms with Crippen molar-refractivity contribution in [3.8, 4) is 11.1 Å². The lowest BCUT2D eigenvalue weighted by Gasteiger charge is -2.41. The number of fused-ring (bicyclic) bond motifs is 4. The lowest BCUT2D eigenvalue weighted by Crippen LogP contribution is -2.54. The molecule has 1 aliphatic heterocycles. The number of nitrogens with one attached hydrogen (secondary N) is 2. The molecule has 67 heavy (non-hydrogen) atoms. The van der Waals surface area contributed by atoms with Crippen LogP contribution >= 0.6 is 0 Å². The number of anilines is 2. The molecule has 2 fully saturated rings. The number of carbonyl (C=O) groups excluding carboxylic acids is 5. The Balaban J connectivity index is 1.03. The second-order valence-corrected chi connectivity index (χ2v) is 19.7. The maximum absolute atomic E-state index is 14.5. The van der Waals surface area contributed by atoms with Crippen molar-refractivity contribution in [2.45, 2.75) is 116 Å². The van der Waals surface area contributed by atoms with Crippen LogP contribution in [0.1, 0.15) is 100.0 Å². The van der Waals surface area contributed by atoms with Crippen LogP contribution < -0.4 is 15.5 Å². The Morgan fingerprint density at radius 3 is 2.19 bits per heavy atom. The largest absolute Gasteiger partial charge is 0.455 e. The number of amides is 3. The van der Waals surface area contributed by atoms with E-state index in [9.17, 15) is 24.0 Å². The number of carbonyl (C=O) groups is 5. The zero-order chi connectivity index (χ0) is 47.6. The summed E-state index contributed by atoms with van der Waals surface area (Å²) < 4.78 is 23.9. The van der Waals surface area contributed by atoms with Gasteiger partial charge in [0, 0.05) is 43.7 Å². The van der Waals surface area contributed by atoms with Gasteiger partial charge in [0.15, 0.2) is 0 Å². The van der Waals surface area contributed by atoms with Gasteiger partial charge in [0.25, 0.3) is 0 Å². The number of rotatable bonds is 11. The molecule has 2 N–H and O–H groups in total. The monoisotopic (exact) mass is 911 g/mol. The topological polar surface area (TPSA) is 158 Å². The summed E-state index contributed by atoms with van der Waals surface area (Å²) in [6, 6.07) is 27.3. The molecule has 2 aliphatic carbocycles. The molecule has 0 radical (unpaired) electrons. The molecular weight excluding hydrogens is 851 g/mol. The van der Waals surface area contributed by atoms with Gasteiger partial charge in [0.2, 0.25) is 11.8 Å². The van der Waals surface area contributed by atoms with Gasteiger partial charge >= 0.3 is 18.2 Å². The predicted molar refractivity (Wildman–Crippen MR) is 256 cm³/mol. The summed E-state index contributed by atoms with van der Waals surface area (Å²) in [5, 5.41) is 6.15. The summed E-state index contributed by atoms with van der Waals surface area (Å²) in [5.41, 5.74) is 5.69. The Hall–Kier alpha value is -6.51. The van der Waals surface area contributed by atoms with E-state index in [0.717, 1.165) is 76.7 Å². The highest BCUT2D eigenvalue weighted by molar-refractivity contribution is 6.09. The molecule has 2 heterocycles. The van der Waals surface area contributed by atoms with Gasteiger partial charge in [-0.1, -0.05) is 60.7 Å². The van der Waals surface area contributed by atoms with Crippen molar-refractivity contribution in [1.29, 1.82) is 0 Å². The fourth-order valence-corrected chi connectivity index (χ4v) is 9.41. The zero-order valence-electron chi connectivity index (χ0n) is 39.5. The molecule has 0 spiro atoms. The Kier molecular flexibility index (Phi) is 13.6. The van der Waals surface area contributed by atoms with Crippen molar-refractivity contribution in [2.75, 3.05) is 37.0 Å². The first kappa shape index (κ1) is 47.0. The van der Waals surface area contributed by atoms with Crippen LogP contribution in [-0.2, 0) is 48.0 Å². The summed E-state index contributed by atoms with van der Waals surface area (Å²) in [7, 11) is 1.76. The van der Waals surface area contributed by atoms with E-state index < -0.39 is 41.3 Å². The van der Waals surface area contributed by atoms with Crippen LogP contribution in [-0.4, -0.2) is 95.6 Å². The number of piperazine rings is 1. The third-order valence-corrected chi connectivity index (χ3v) is 12.6. The summed E-state index contributed by atoms with van der Waals surface area (Å²) in [4.78, 5) is 73.1.